The number of para-hydroxylation sites is 1. The molecule has 136 valence electrons. The van der Waals surface area contributed by atoms with Gasteiger partial charge in [-0.05, 0) is 52.6 Å². The van der Waals surface area contributed by atoms with Gasteiger partial charge in [0.2, 0.25) is 0 Å². The lowest BCUT2D eigenvalue weighted by molar-refractivity contribution is 0.0907. The molecule has 0 amide bonds. The number of nitrogens with zero attached hydrogens (tertiary/aromatic N) is 1. The average Bonchev–Trinajstić information content (AvgIpc) is 2.65. The molecule has 1 aliphatic rings. The maximum atomic E-state index is 11.3. The van der Waals surface area contributed by atoms with Crippen molar-refractivity contribution in [2.45, 2.75) is 19.3 Å². The number of hydrogen-bond acceptors (Lipinski definition) is 3. The minimum atomic E-state index is -1.34. The molecule has 0 spiro atoms. The molecule has 0 fully saturated rings. The maximum absolute atomic E-state index is 11.3. The van der Waals surface area contributed by atoms with E-state index in [0.29, 0.717) is 0 Å². The Kier molecular flexibility index (Phi) is 4.19. The van der Waals surface area contributed by atoms with Crippen LogP contribution in [0.4, 0.5) is 16.2 Å². The van der Waals surface area contributed by atoms with E-state index in [2.05, 4.69) is 48.0 Å². The Bertz CT molecular complexity index is 1030. The van der Waals surface area contributed by atoms with Crippen molar-refractivity contribution in [1.82, 2.24) is 0 Å². The van der Waals surface area contributed by atoms with Gasteiger partial charge in [0.15, 0.2) is 0 Å². The van der Waals surface area contributed by atoms with Crippen LogP contribution in [0, 0.1) is 0 Å². The van der Waals surface area contributed by atoms with E-state index in [1.165, 1.54) is 5.06 Å². The van der Waals surface area contributed by atoms with Gasteiger partial charge in [0, 0.05) is 9.89 Å². The highest BCUT2D eigenvalue weighted by Crippen LogP contribution is 2.49. The summed E-state index contributed by atoms with van der Waals surface area (Å²) in [4.78, 5) is 16.4. The number of fused-ring (bicyclic) bond motifs is 2. The average molecular weight is 424 g/mol. The van der Waals surface area contributed by atoms with Crippen molar-refractivity contribution < 1.29 is 14.7 Å². The highest BCUT2D eigenvalue weighted by atomic mass is 79.9. The summed E-state index contributed by atoms with van der Waals surface area (Å²) >= 11 is 3.47. The lowest BCUT2D eigenvalue weighted by Crippen LogP contribution is -2.34. The first kappa shape index (κ1) is 17.6. The normalized spacial score (nSPS) is 14.3. The SMILES string of the molecule is CC1(C)c2ccccc2N(OC(=O)O)c2ccc(-c3ccc(Br)cc3)cc21. The van der Waals surface area contributed by atoms with Gasteiger partial charge in [-0.2, -0.15) is 5.06 Å². The Balaban J connectivity index is 1.91. The van der Waals surface area contributed by atoms with Crippen LogP contribution in [0.15, 0.2) is 71.2 Å². The number of hydrogen-bond donors (Lipinski definition) is 1. The molecule has 0 unspecified atom stereocenters. The number of anilines is 2. The standard InChI is InChI=1S/C22H18BrNO3/c1-22(2)17-5-3-4-6-19(17)24(27-21(25)26)20-12-9-15(13-18(20)22)14-7-10-16(23)11-8-14/h3-13H,1-2H3,(H,25,26). The number of benzene rings is 3. The molecule has 0 bridgehead atoms. The zero-order valence-electron chi connectivity index (χ0n) is 14.9. The molecular weight excluding hydrogens is 406 g/mol. The molecular formula is C22H18BrNO3. The van der Waals surface area contributed by atoms with Gasteiger partial charge in [-0.3, -0.25) is 0 Å². The Morgan fingerprint density at radius 1 is 0.926 bits per heavy atom. The van der Waals surface area contributed by atoms with Gasteiger partial charge in [-0.25, -0.2) is 4.79 Å². The molecule has 5 heteroatoms. The third-order valence-corrected chi connectivity index (χ3v) is 5.56. The Morgan fingerprint density at radius 2 is 1.56 bits per heavy atom. The van der Waals surface area contributed by atoms with Gasteiger partial charge >= 0.3 is 6.16 Å². The van der Waals surface area contributed by atoms with Gasteiger partial charge in [0.05, 0.1) is 11.4 Å². The van der Waals surface area contributed by atoms with E-state index in [4.69, 9.17) is 4.84 Å². The molecule has 0 aromatic heterocycles. The number of halogens is 1. The summed E-state index contributed by atoms with van der Waals surface area (Å²) in [5.74, 6) is 0. The molecule has 27 heavy (non-hydrogen) atoms. The molecule has 3 aromatic carbocycles. The van der Waals surface area contributed by atoms with Crippen LogP contribution < -0.4 is 5.06 Å². The molecule has 0 saturated carbocycles. The van der Waals surface area contributed by atoms with E-state index in [1.54, 1.807) is 0 Å². The molecule has 0 aliphatic carbocycles. The van der Waals surface area contributed by atoms with Crippen LogP contribution in [-0.2, 0) is 10.3 Å². The molecule has 1 aliphatic heterocycles. The van der Waals surface area contributed by atoms with Crippen molar-refractivity contribution in [3.05, 3.63) is 82.3 Å². The highest BCUT2D eigenvalue weighted by Gasteiger charge is 2.38. The van der Waals surface area contributed by atoms with Crippen molar-refractivity contribution >= 4 is 33.5 Å². The van der Waals surface area contributed by atoms with Crippen molar-refractivity contribution in [2.24, 2.45) is 0 Å². The van der Waals surface area contributed by atoms with Crippen molar-refractivity contribution in [2.75, 3.05) is 5.06 Å². The largest absolute Gasteiger partial charge is 0.531 e. The van der Waals surface area contributed by atoms with Crippen LogP contribution in [0.3, 0.4) is 0 Å². The second kappa shape index (κ2) is 6.43. The summed E-state index contributed by atoms with van der Waals surface area (Å²) in [7, 11) is 0. The minimum absolute atomic E-state index is 0.296. The van der Waals surface area contributed by atoms with Crippen LogP contribution in [0.25, 0.3) is 11.1 Å². The third kappa shape index (κ3) is 2.98. The first-order valence-electron chi connectivity index (χ1n) is 8.59. The fourth-order valence-corrected chi connectivity index (χ4v) is 3.93. The van der Waals surface area contributed by atoms with Crippen LogP contribution in [-0.4, -0.2) is 11.3 Å². The first-order chi connectivity index (χ1) is 12.9. The molecule has 1 heterocycles. The second-order valence-corrected chi connectivity index (χ2v) is 7.95. The highest BCUT2D eigenvalue weighted by molar-refractivity contribution is 9.10. The smallest absolute Gasteiger partial charge is 0.448 e. The van der Waals surface area contributed by atoms with E-state index < -0.39 is 6.16 Å². The van der Waals surface area contributed by atoms with Crippen molar-refractivity contribution in [1.29, 1.82) is 0 Å². The van der Waals surface area contributed by atoms with Crippen molar-refractivity contribution in [3.63, 3.8) is 0 Å². The molecule has 1 N–H and O–H groups in total. The van der Waals surface area contributed by atoms with Gasteiger partial charge < -0.3 is 9.94 Å². The van der Waals surface area contributed by atoms with E-state index >= 15 is 0 Å². The Morgan fingerprint density at radius 3 is 2.26 bits per heavy atom. The lowest BCUT2D eigenvalue weighted by atomic mass is 9.73. The summed E-state index contributed by atoms with van der Waals surface area (Å²) in [5, 5.41) is 10.6. The fraction of sp³-hybridized carbons (Fsp3) is 0.136. The van der Waals surface area contributed by atoms with E-state index in [1.807, 2.05) is 48.5 Å². The lowest BCUT2D eigenvalue weighted by Gasteiger charge is -2.40. The third-order valence-electron chi connectivity index (χ3n) is 5.03. The van der Waals surface area contributed by atoms with E-state index in [9.17, 15) is 9.90 Å². The zero-order valence-corrected chi connectivity index (χ0v) is 16.5. The molecule has 4 rings (SSSR count). The van der Waals surface area contributed by atoms with Crippen LogP contribution >= 0.6 is 15.9 Å². The van der Waals surface area contributed by atoms with Crippen molar-refractivity contribution in [3.8, 4) is 11.1 Å². The summed E-state index contributed by atoms with van der Waals surface area (Å²) < 4.78 is 1.03. The first-order valence-corrected chi connectivity index (χ1v) is 9.38. The maximum Gasteiger partial charge on any atom is 0.531 e. The van der Waals surface area contributed by atoms with Gasteiger partial charge in [0.25, 0.3) is 0 Å². The number of carboxylic acid groups (broad SMARTS) is 1. The van der Waals surface area contributed by atoms with Gasteiger partial charge in [0.1, 0.15) is 0 Å². The predicted octanol–water partition coefficient (Wildman–Crippen LogP) is 6.50. The second-order valence-electron chi connectivity index (χ2n) is 7.03. The van der Waals surface area contributed by atoms with Gasteiger partial charge in [-0.1, -0.05) is 66.2 Å². The number of rotatable bonds is 2. The van der Waals surface area contributed by atoms with Crippen LogP contribution in [0.1, 0.15) is 25.0 Å². The van der Waals surface area contributed by atoms with Crippen LogP contribution in [0.5, 0.6) is 0 Å². The quantitative estimate of drug-likeness (QED) is 0.510. The molecule has 3 aromatic rings. The number of carbonyl (C=O) groups is 1. The summed E-state index contributed by atoms with van der Waals surface area (Å²) in [6, 6.07) is 21.9. The zero-order chi connectivity index (χ0) is 19.2. The fourth-order valence-electron chi connectivity index (χ4n) is 3.67. The molecule has 0 radical (unpaired) electrons. The summed E-state index contributed by atoms with van der Waals surface area (Å²) in [6.07, 6.45) is -1.34. The van der Waals surface area contributed by atoms with E-state index in [0.717, 1.165) is 38.1 Å². The minimum Gasteiger partial charge on any atom is -0.448 e. The topological polar surface area (TPSA) is 49.8 Å². The van der Waals surface area contributed by atoms with Gasteiger partial charge in [-0.15, -0.1) is 0 Å². The van der Waals surface area contributed by atoms with Crippen LogP contribution in [0.2, 0.25) is 0 Å². The summed E-state index contributed by atoms with van der Waals surface area (Å²) in [5.41, 5.74) is 5.39. The molecule has 4 nitrogen and oxygen atoms in total. The Hall–Kier alpha value is -2.79. The predicted molar refractivity (Wildman–Crippen MR) is 109 cm³/mol. The van der Waals surface area contributed by atoms with E-state index in [-0.39, 0.29) is 5.41 Å². The Labute approximate surface area is 166 Å². The molecule has 0 atom stereocenters. The monoisotopic (exact) mass is 423 g/mol. The molecule has 0 saturated heterocycles. The summed E-state index contributed by atoms with van der Waals surface area (Å²) in [6.45, 7) is 4.29.